The SMILES string of the molecule is CCCCCCOc1cccc(NC(=O)CNc2cccc(C(=O)NC)c2)c1. The monoisotopic (exact) mass is 383 g/mol. The van der Waals surface area contributed by atoms with Crippen LogP contribution in [0.15, 0.2) is 48.5 Å². The van der Waals surface area contributed by atoms with Crippen LogP contribution in [-0.4, -0.2) is 32.0 Å². The lowest BCUT2D eigenvalue weighted by molar-refractivity contribution is -0.114. The summed E-state index contributed by atoms with van der Waals surface area (Å²) in [5.74, 6) is 0.408. The first kappa shape index (κ1) is 21.3. The van der Waals surface area contributed by atoms with Gasteiger partial charge in [0.05, 0.1) is 13.2 Å². The molecule has 0 saturated carbocycles. The van der Waals surface area contributed by atoms with Crippen molar-refractivity contribution in [3.63, 3.8) is 0 Å². The maximum atomic E-state index is 12.2. The first-order chi connectivity index (χ1) is 13.6. The van der Waals surface area contributed by atoms with Gasteiger partial charge in [-0.15, -0.1) is 0 Å². The molecule has 2 amide bonds. The standard InChI is InChI=1S/C22H29N3O3/c1-3-4-5-6-13-28-20-12-8-11-19(15-20)25-21(26)16-24-18-10-7-9-17(14-18)22(27)23-2/h7-12,14-15,24H,3-6,13,16H2,1-2H3,(H,23,27)(H,25,26). The lowest BCUT2D eigenvalue weighted by atomic mass is 10.2. The molecule has 0 heterocycles. The molecule has 0 fully saturated rings. The molecule has 0 radical (unpaired) electrons. The van der Waals surface area contributed by atoms with Crippen molar-refractivity contribution < 1.29 is 14.3 Å². The van der Waals surface area contributed by atoms with Crippen LogP contribution >= 0.6 is 0 Å². The first-order valence-electron chi connectivity index (χ1n) is 9.71. The van der Waals surface area contributed by atoms with E-state index in [0.29, 0.717) is 23.5 Å². The Kier molecular flexibility index (Phi) is 8.85. The van der Waals surface area contributed by atoms with E-state index in [4.69, 9.17) is 4.74 Å². The number of rotatable bonds is 11. The molecule has 0 unspecified atom stereocenters. The van der Waals surface area contributed by atoms with Crippen molar-refractivity contribution in [2.24, 2.45) is 0 Å². The lowest BCUT2D eigenvalue weighted by Crippen LogP contribution is -2.22. The van der Waals surface area contributed by atoms with Crippen molar-refractivity contribution in [1.82, 2.24) is 5.32 Å². The van der Waals surface area contributed by atoms with Crippen LogP contribution in [0.1, 0.15) is 43.0 Å². The number of hydrogen-bond donors (Lipinski definition) is 3. The summed E-state index contributed by atoms with van der Waals surface area (Å²) >= 11 is 0. The maximum absolute atomic E-state index is 12.2. The number of hydrogen-bond acceptors (Lipinski definition) is 4. The largest absolute Gasteiger partial charge is 0.494 e. The molecule has 0 aromatic heterocycles. The van der Waals surface area contributed by atoms with Crippen molar-refractivity contribution in [3.05, 3.63) is 54.1 Å². The third-order valence-corrected chi connectivity index (χ3v) is 4.19. The molecule has 0 aliphatic heterocycles. The van der Waals surface area contributed by atoms with E-state index in [-0.39, 0.29) is 18.4 Å². The normalized spacial score (nSPS) is 10.2. The molecule has 6 nitrogen and oxygen atoms in total. The summed E-state index contributed by atoms with van der Waals surface area (Å²) in [6.07, 6.45) is 4.62. The van der Waals surface area contributed by atoms with Gasteiger partial charge in [-0.2, -0.15) is 0 Å². The molecule has 6 heteroatoms. The van der Waals surface area contributed by atoms with Crippen molar-refractivity contribution in [1.29, 1.82) is 0 Å². The number of carbonyl (C=O) groups excluding carboxylic acids is 2. The minimum Gasteiger partial charge on any atom is -0.494 e. The zero-order valence-electron chi connectivity index (χ0n) is 16.6. The molecular weight excluding hydrogens is 354 g/mol. The van der Waals surface area contributed by atoms with Crippen molar-refractivity contribution in [2.75, 3.05) is 30.8 Å². The molecule has 0 spiro atoms. The fraction of sp³-hybridized carbons (Fsp3) is 0.364. The zero-order chi connectivity index (χ0) is 20.2. The van der Waals surface area contributed by atoms with Crippen LogP contribution in [-0.2, 0) is 4.79 Å². The highest BCUT2D eigenvalue weighted by molar-refractivity contribution is 5.96. The Bertz CT molecular complexity index is 777. The van der Waals surface area contributed by atoms with Crippen molar-refractivity contribution >= 4 is 23.2 Å². The average Bonchev–Trinajstić information content (AvgIpc) is 2.72. The van der Waals surface area contributed by atoms with Crippen LogP contribution in [0.2, 0.25) is 0 Å². The van der Waals surface area contributed by atoms with Gasteiger partial charge < -0.3 is 20.7 Å². The van der Waals surface area contributed by atoms with E-state index in [1.165, 1.54) is 19.3 Å². The average molecular weight is 383 g/mol. The molecule has 0 saturated heterocycles. The highest BCUT2D eigenvalue weighted by atomic mass is 16.5. The molecule has 0 aliphatic rings. The topological polar surface area (TPSA) is 79.5 Å². The van der Waals surface area contributed by atoms with Crippen LogP contribution in [0.5, 0.6) is 5.75 Å². The van der Waals surface area contributed by atoms with Gasteiger partial charge in [-0.05, 0) is 36.8 Å². The molecule has 2 rings (SSSR count). The van der Waals surface area contributed by atoms with E-state index in [1.54, 1.807) is 25.2 Å². The minimum atomic E-state index is -0.176. The number of anilines is 2. The Morgan fingerprint density at radius 1 is 0.964 bits per heavy atom. The molecule has 2 aromatic rings. The van der Waals surface area contributed by atoms with Crippen LogP contribution in [0, 0.1) is 0 Å². The molecule has 150 valence electrons. The summed E-state index contributed by atoms with van der Waals surface area (Å²) < 4.78 is 5.75. The summed E-state index contributed by atoms with van der Waals surface area (Å²) in [7, 11) is 1.58. The second-order valence-electron chi connectivity index (χ2n) is 6.50. The van der Waals surface area contributed by atoms with Gasteiger partial charge in [0.15, 0.2) is 0 Å². The molecule has 3 N–H and O–H groups in total. The smallest absolute Gasteiger partial charge is 0.251 e. The zero-order valence-corrected chi connectivity index (χ0v) is 16.6. The van der Waals surface area contributed by atoms with Crippen LogP contribution < -0.4 is 20.7 Å². The van der Waals surface area contributed by atoms with E-state index >= 15 is 0 Å². The first-order valence-corrected chi connectivity index (χ1v) is 9.71. The third kappa shape index (κ3) is 7.31. The lowest BCUT2D eigenvalue weighted by Gasteiger charge is -2.11. The van der Waals surface area contributed by atoms with Crippen molar-refractivity contribution in [3.8, 4) is 5.75 Å². The van der Waals surface area contributed by atoms with Crippen LogP contribution in [0.4, 0.5) is 11.4 Å². The highest BCUT2D eigenvalue weighted by Crippen LogP contribution is 2.18. The van der Waals surface area contributed by atoms with Gasteiger partial charge in [-0.1, -0.05) is 38.3 Å². The molecule has 0 atom stereocenters. The van der Waals surface area contributed by atoms with Gasteiger partial charge >= 0.3 is 0 Å². The summed E-state index contributed by atoms with van der Waals surface area (Å²) in [5.41, 5.74) is 1.94. The van der Waals surface area contributed by atoms with Gasteiger partial charge in [0.1, 0.15) is 5.75 Å². The van der Waals surface area contributed by atoms with E-state index in [1.807, 2.05) is 30.3 Å². The summed E-state index contributed by atoms with van der Waals surface area (Å²) in [4.78, 5) is 23.9. The number of amides is 2. The van der Waals surface area contributed by atoms with Gasteiger partial charge in [-0.25, -0.2) is 0 Å². The van der Waals surface area contributed by atoms with Crippen molar-refractivity contribution in [2.45, 2.75) is 32.6 Å². The number of benzene rings is 2. The third-order valence-electron chi connectivity index (χ3n) is 4.19. The Labute approximate surface area is 166 Å². The summed E-state index contributed by atoms with van der Waals surface area (Å²) in [5, 5.41) is 8.46. The van der Waals surface area contributed by atoms with E-state index in [0.717, 1.165) is 12.2 Å². The molecular formula is C22H29N3O3. The molecule has 0 aliphatic carbocycles. The fourth-order valence-corrected chi connectivity index (χ4v) is 2.68. The molecule has 2 aromatic carbocycles. The predicted octanol–water partition coefficient (Wildman–Crippen LogP) is 4.06. The minimum absolute atomic E-state index is 0.0965. The van der Waals surface area contributed by atoms with Gasteiger partial charge in [-0.3, -0.25) is 9.59 Å². The fourth-order valence-electron chi connectivity index (χ4n) is 2.68. The number of unbranched alkanes of at least 4 members (excludes halogenated alkanes) is 3. The van der Waals surface area contributed by atoms with E-state index in [9.17, 15) is 9.59 Å². The Morgan fingerprint density at radius 3 is 2.54 bits per heavy atom. The number of carbonyl (C=O) groups is 2. The van der Waals surface area contributed by atoms with E-state index < -0.39 is 0 Å². The van der Waals surface area contributed by atoms with Crippen LogP contribution in [0.3, 0.4) is 0 Å². The Morgan fingerprint density at radius 2 is 1.75 bits per heavy atom. The summed E-state index contributed by atoms with van der Waals surface area (Å²) in [6.45, 7) is 2.96. The molecule has 28 heavy (non-hydrogen) atoms. The summed E-state index contributed by atoms with van der Waals surface area (Å²) in [6, 6.07) is 14.4. The van der Waals surface area contributed by atoms with Gasteiger partial charge in [0.25, 0.3) is 5.91 Å². The van der Waals surface area contributed by atoms with E-state index in [2.05, 4.69) is 22.9 Å². The highest BCUT2D eigenvalue weighted by Gasteiger charge is 2.06. The Hall–Kier alpha value is -3.02. The van der Waals surface area contributed by atoms with Gasteiger partial charge in [0, 0.05) is 30.1 Å². The Balaban J connectivity index is 1.81. The van der Waals surface area contributed by atoms with Crippen LogP contribution in [0.25, 0.3) is 0 Å². The number of ether oxygens (including phenoxy) is 1. The maximum Gasteiger partial charge on any atom is 0.251 e. The second-order valence-corrected chi connectivity index (χ2v) is 6.50. The van der Waals surface area contributed by atoms with Gasteiger partial charge in [0.2, 0.25) is 5.91 Å². The molecule has 0 bridgehead atoms. The second kappa shape index (κ2) is 11.6. The quantitative estimate of drug-likeness (QED) is 0.511. The number of nitrogens with one attached hydrogen (secondary N) is 3. The predicted molar refractivity (Wildman–Crippen MR) is 113 cm³/mol.